The van der Waals surface area contributed by atoms with Crippen LogP contribution in [-0.4, -0.2) is 32.5 Å². The van der Waals surface area contributed by atoms with E-state index in [0.717, 1.165) is 0 Å². The average Bonchev–Trinajstić information content (AvgIpc) is 3.08. The second-order valence-corrected chi connectivity index (χ2v) is 7.83. The Labute approximate surface area is 171 Å². The summed E-state index contributed by atoms with van der Waals surface area (Å²) in [7, 11) is 1.82. The van der Waals surface area contributed by atoms with Gasteiger partial charge in [0, 0.05) is 12.7 Å². The number of aromatic nitrogens is 3. The van der Waals surface area contributed by atoms with Crippen LogP contribution in [0.3, 0.4) is 0 Å². The van der Waals surface area contributed by atoms with Crippen molar-refractivity contribution in [2.45, 2.75) is 23.4 Å². The molecule has 1 aliphatic heterocycles. The molecule has 0 saturated carbocycles. The van der Waals surface area contributed by atoms with Crippen molar-refractivity contribution in [2.24, 2.45) is 7.05 Å². The summed E-state index contributed by atoms with van der Waals surface area (Å²) in [5, 5.41) is 11.2. The molecule has 0 fully saturated rings. The van der Waals surface area contributed by atoms with E-state index in [1.54, 1.807) is 23.6 Å². The summed E-state index contributed by atoms with van der Waals surface area (Å²) in [5.41, 5.74) is 0.410. The number of benzene rings is 2. The molecule has 1 aromatic heterocycles. The van der Waals surface area contributed by atoms with Gasteiger partial charge in [0.2, 0.25) is 5.91 Å². The van der Waals surface area contributed by atoms with E-state index in [0.29, 0.717) is 34.8 Å². The van der Waals surface area contributed by atoms with Crippen LogP contribution in [0, 0.1) is 5.82 Å². The maximum Gasteiger partial charge on any atom is 0.237 e. The average molecular weight is 414 g/mol. The van der Waals surface area contributed by atoms with Gasteiger partial charge in [-0.3, -0.25) is 4.79 Å². The molecule has 0 aliphatic carbocycles. The molecule has 1 N–H and O–H groups in total. The highest BCUT2D eigenvalue weighted by Crippen LogP contribution is 2.36. The van der Waals surface area contributed by atoms with Gasteiger partial charge in [-0.15, -0.1) is 10.2 Å². The normalized spacial score (nSPS) is 16.3. The van der Waals surface area contributed by atoms with Gasteiger partial charge in [-0.2, -0.15) is 0 Å². The highest BCUT2D eigenvalue weighted by Gasteiger charge is 2.28. The van der Waals surface area contributed by atoms with E-state index in [1.807, 2.05) is 31.3 Å². The number of nitrogens with zero attached hydrogens (tertiary/aromatic N) is 3. The fourth-order valence-electron chi connectivity index (χ4n) is 2.88. The minimum atomic E-state index is -0.460. The third-order valence-electron chi connectivity index (χ3n) is 4.41. The molecule has 1 amide bonds. The predicted octanol–water partition coefficient (Wildman–Crippen LogP) is 3.59. The van der Waals surface area contributed by atoms with Gasteiger partial charge in [0.15, 0.2) is 28.6 Å². The van der Waals surface area contributed by atoms with Crippen molar-refractivity contribution in [2.75, 3.05) is 11.9 Å². The molecule has 2 unspecified atom stereocenters. The number of anilines is 1. The molecule has 3 aromatic rings. The Morgan fingerprint density at radius 2 is 2.03 bits per heavy atom. The molecule has 2 heterocycles. The van der Waals surface area contributed by atoms with Gasteiger partial charge < -0.3 is 19.4 Å². The maximum absolute atomic E-state index is 13.3. The Morgan fingerprint density at radius 1 is 1.24 bits per heavy atom. The molecule has 150 valence electrons. The first-order chi connectivity index (χ1) is 14.0. The third kappa shape index (κ3) is 4.19. The number of halogens is 1. The van der Waals surface area contributed by atoms with Gasteiger partial charge in [-0.1, -0.05) is 30.0 Å². The van der Waals surface area contributed by atoms with Gasteiger partial charge in [0.05, 0.1) is 5.25 Å². The lowest BCUT2D eigenvalue weighted by molar-refractivity contribution is -0.115. The Kier molecular flexibility index (Phi) is 5.39. The van der Waals surface area contributed by atoms with Crippen LogP contribution in [0.25, 0.3) is 0 Å². The van der Waals surface area contributed by atoms with Crippen molar-refractivity contribution >= 4 is 23.4 Å². The number of ether oxygens (including phenoxy) is 2. The number of fused-ring (bicyclic) bond motifs is 1. The highest BCUT2D eigenvalue weighted by molar-refractivity contribution is 8.00. The van der Waals surface area contributed by atoms with Crippen LogP contribution in [0.5, 0.6) is 11.5 Å². The van der Waals surface area contributed by atoms with E-state index in [-0.39, 0.29) is 5.91 Å². The molecule has 9 heteroatoms. The number of carbonyl (C=O) groups is 1. The number of amides is 1. The second kappa shape index (κ2) is 8.12. The Hall–Kier alpha value is -3.07. The SMILES string of the molecule is CC(Sc1nnc(C2COc3ccccc3O2)n1C)C(=O)Nc1cccc(F)c1. The Bertz CT molecular complexity index is 1040. The summed E-state index contributed by atoms with van der Waals surface area (Å²) in [6, 6.07) is 13.2. The van der Waals surface area contributed by atoms with Crippen LogP contribution < -0.4 is 14.8 Å². The molecule has 1 aliphatic rings. The fraction of sp³-hybridized carbons (Fsp3) is 0.250. The quantitative estimate of drug-likeness (QED) is 0.643. The van der Waals surface area contributed by atoms with E-state index < -0.39 is 17.2 Å². The van der Waals surface area contributed by atoms with Crippen LogP contribution in [-0.2, 0) is 11.8 Å². The summed E-state index contributed by atoms with van der Waals surface area (Å²) in [6.45, 7) is 2.08. The second-order valence-electron chi connectivity index (χ2n) is 6.52. The first-order valence-electron chi connectivity index (χ1n) is 9.02. The van der Waals surface area contributed by atoms with E-state index in [4.69, 9.17) is 9.47 Å². The number of nitrogens with one attached hydrogen (secondary N) is 1. The molecular weight excluding hydrogens is 395 g/mol. The zero-order chi connectivity index (χ0) is 20.4. The molecule has 2 atom stereocenters. The number of rotatable bonds is 5. The van der Waals surface area contributed by atoms with Gasteiger partial charge in [0.25, 0.3) is 0 Å². The number of hydrogen-bond donors (Lipinski definition) is 1. The van der Waals surface area contributed by atoms with Gasteiger partial charge in [-0.25, -0.2) is 4.39 Å². The standard InChI is InChI=1S/C20H19FN4O3S/c1-12(19(26)22-14-7-5-6-13(21)10-14)29-20-24-23-18(25(20)2)17-11-27-15-8-3-4-9-16(15)28-17/h3-10,12,17H,11H2,1-2H3,(H,22,26). The third-order valence-corrected chi connectivity index (χ3v) is 5.54. The summed E-state index contributed by atoms with van der Waals surface area (Å²) in [4.78, 5) is 12.4. The van der Waals surface area contributed by atoms with E-state index in [9.17, 15) is 9.18 Å². The molecular formula is C20H19FN4O3S. The zero-order valence-electron chi connectivity index (χ0n) is 15.8. The van der Waals surface area contributed by atoms with Crippen LogP contribution in [0.15, 0.2) is 53.7 Å². The zero-order valence-corrected chi connectivity index (χ0v) is 16.6. The smallest absolute Gasteiger partial charge is 0.237 e. The summed E-state index contributed by atoms with van der Waals surface area (Å²) >= 11 is 1.26. The molecule has 0 spiro atoms. The topological polar surface area (TPSA) is 78.3 Å². The lowest BCUT2D eigenvalue weighted by Gasteiger charge is -2.25. The molecule has 7 nitrogen and oxygen atoms in total. The van der Waals surface area contributed by atoms with E-state index in [2.05, 4.69) is 15.5 Å². The van der Waals surface area contributed by atoms with Crippen LogP contribution >= 0.6 is 11.8 Å². The number of thioether (sulfide) groups is 1. The van der Waals surface area contributed by atoms with Crippen molar-refractivity contribution in [1.82, 2.24) is 14.8 Å². The molecule has 4 rings (SSSR count). The fourth-order valence-corrected chi connectivity index (χ4v) is 3.70. The number of hydrogen-bond acceptors (Lipinski definition) is 6. The van der Waals surface area contributed by atoms with E-state index >= 15 is 0 Å². The molecule has 0 bridgehead atoms. The van der Waals surface area contributed by atoms with Crippen molar-refractivity contribution in [1.29, 1.82) is 0 Å². The summed E-state index contributed by atoms with van der Waals surface area (Å²) in [6.07, 6.45) is -0.395. The lowest BCUT2D eigenvalue weighted by Crippen LogP contribution is -2.25. The highest BCUT2D eigenvalue weighted by atomic mass is 32.2. The Balaban J connectivity index is 1.43. The molecule has 29 heavy (non-hydrogen) atoms. The van der Waals surface area contributed by atoms with Crippen LogP contribution in [0.1, 0.15) is 18.9 Å². The largest absolute Gasteiger partial charge is 0.485 e. The maximum atomic E-state index is 13.3. The number of para-hydroxylation sites is 2. The van der Waals surface area contributed by atoms with Crippen molar-refractivity contribution in [3.63, 3.8) is 0 Å². The van der Waals surface area contributed by atoms with Gasteiger partial charge >= 0.3 is 0 Å². The first kappa shape index (κ1) is 19.3. The van der Waals surface area contributed by atoms with Gasteiger partial charge in [0.1, 0.15) is 12.4 Å². The van der Waals surface area contributed by atoms with E-state index in [1.165, 1.54) is 23.9 Å². The lowest BCUT2D eigenvalue weighted by atomic mass is 10.2. The van der Waals surface area contributed by atoms with Crippen molar-refractivity contribution in [3.8, 4) is 11.5 Å². The van der Waals surface area contributed by atoms with Gasteiger partial charge in [-0.05, 0) is 37.3 Å². The van der Waals surface area contributed by atoms with Crippen LogP contribution in [0.2, 0.25) is 0 Å². The molecule has 0 saturated heterocycles. The first-order valence-corrected chi connectivity index (χ1v) is 9.90. The molecule has 0 radical (unpaired) electrons. The predicted molar refractivity (Wildman–Crippen MR) is 107 cm³/mol. The minimum Gasteiger partial charge on any atom is -0.485 e. The molecule has 2 aromatic carbocycles. The monoisotopic (exact) mass is 414 g/mol. The number of carbonyl (C=O) groups excluding carboxylic acids is 1. The summed E-state index contributed by atoms with van der Waals surface area (Å²) < 4.78 is 26.8. The Morgan fingerprint density at radius 3 is 2.83 bits per heavy atom. The summed E-state index contributed by atoms with van der Waals surface area (Å²) in [5.74, 6) is 1.31. The van der Waals surface area contributed by atoms with Crippen molar-refractivity contribution in [3.05, 3.63) is 60.2 Å². The van der Waals surface area contributed by atoms with Crippen LogP contribution in [0.4, 0.5) is 10.1 Å². The van der Waals surface area contributed by atoms with Crippen molar-refractivity contribution < 1.29 is 18.7 Å². The minimum absolute atomic E-state index is 0.253.